The Balaban J connectivity index is 2.50. The largest absolute Gasteiger partial charge is 0.394 e. The van der Waals surface area contributed by atoms with Gasteiger partial charge >= 0.3 is 0 Å². The summed E-state index contributed by atoms with van der Waals surface area (Å²) in [5.41, 5.74) is 0. The highest BCUT2D eigenvalue weighted by molar-refractivity contribution is 5.76. The van der Waals surface area contributed by atoms with Crippen molar-refractivity contribution in [3.05, 3.63) is 36.5 Å². The van der Waals surface area contributed by atoms with Gasteiger partial charge in [-0.25, -0.2) is 0 Å². The van der Waals surface area contributed by atoms with Crippen molar-refractivity contribution < 1.29 is 39.8 Å². The van der Waals surface area contributed by atoms with E-state index in [0.29, 0.717) is 6.42 Å². The second-order valence-corrected chi connectivity index (χ2v) is 12.7. The average Bonchev–Trinajstić information content (AvgIpc) is 3.05. The normalized spacial score (nSPS) is 23.5. The van der Waals surface area contributed by atoms with Crippen molar-refractivity contribution in [3.63, 3.8) is 0 Å². The van der Waals surface area contributed by atoms with E-state index in [9.17, 15) is 30.3 Å². The van der Waals surface area contributed by atoms with E-state index < -0.39 is 49.5 Å². The van der Waals surface area contributed by atoms with E-state index in [2.05, 4.69) is 43.5 Å². The molecular formula is C37H67NO8. The summed E-state index contributed by atoms with van der Waals surface area (Å²) in [7, 11) is 0. The van der Waals surface area contributed by atoms with E-state index in [-0.39, 0.29) is 12.5 Å². The van der Waals surface area contributed by atoms with Crippen molar-refractivity contribution in [3.8, 4) is 0 Å². The topological polar surface area (TPSA) is 149 Å². The molecule has 7 atom stereocenters. The molecule has 1 aliphatic heterocycles. The molecule has 0 saturated carbocycles. The van der Waals surface area contributed by atoms with E-state index in [4.69, 9.17) is 9.47 Å². The summed E-state index contributed by atoms with van der Waals surface area (Å²) in [4.78, 5) is 12.8. The molecule has 0 aromatic rings. The predicted octanol–water partition coefficient (Wildman–Crippen LogP) is 5.77. The van der Waals surface area contributed by atoms with Gasteiger partial charge in [-0.3, -0.25) is 4.79 Å². The molecule has 0 radical (unpaired) electrons. The van der Waals surface area contributed by atoms with Crippen LogP contribution in [0.15, 0.2) is 36.5 Å². The molecule has 1 amide bonds. The fraction of sp³-hybridized carbons (Fsp3) is 0.811. The standard InChI is InChI=1S/C37H67NO8/c1-3-5-7-9-11-13-15-16-17-19-21-23-25-27-33(41)38-30(29-45-37-36(44)35(43)34(42)32(28-39)46-37)31(40)26-24-22-20-18-14-12-10-8-6-4-2/h7,9,13,15,24,26,30-32,34-37,39-40,42-44H,3-6,8,10-12,14,16-23,25,27-29H2,1-2H3,(H,38,41)/b9-7-,15-13-,26-24+. The lowest BCUT2D eigenvalue weighted by Crippen LogP contribution is -2.60. The molecule has 6 N–H and O–H groups in total. The quantitative estimate of drug-likeness (QED) is 0.0461. The van der Waals surface area contributed by atoms with Gasteiger partial charge in [-0.2, -0.15) is 0 Å². The summed E-state index contributed by atoms with van der Waals surface area (Å²) >= 11 is 0. The number of aliphatic hydroxyl groups excluding tert-OH is 5. The highest BCUT2D eigenvalue weighted by Crippen LogP contribution is 2.22. The summed E-state index contributed by atoms with van der Waals surface area (Å²) in [5, 5.41) is 53.7. The molecule has 1 aliphatic rings. The lowest BCUT2D eigenvalue weighted by molar-refractivity contribution is -0.302. The molecular weight excluding hydrogens is 586 g/mol. The van der Waals surface area contributed by atoms with E-state index in [1.807, 2.05) is 6.08 Å². The number of hydrogen-bond donors (Lipinski definition) is 6. The Morgan fingerprint density at radius 3 is 1.96 bits per heavy atom. The zero-order valence-electron chi connectivity index (χ0n) is 28.8. The number of ether oxygens (including phenoxy) is 2. The fourth-order valence-corrected chi connectivity index (χ4v) is 5.43. The first-order valence-electron chi connectivity index (χ1n) is 18.2. The third-order valence-electron chi connectivity index (χ3n) is 8.44. The van der Waals surface area contributed by atoms with Crippen LogP contribution in [0.5, 0.6) is 0 Å². The summed E-state index contributed by atoms with van der Waals surface area (Å²) < 4.78 is 11.1. The maximum atomic E-state index is 12.8. The number of nitrogens with one attached hydrogen (secondary N) is 1. The predicted molar refractivity (Wildman–Crippen MR) is 184 cm³/mol. The number of carbonyl (C=O) groups is 1. The Morgan fingerprint density at radius 2 is 1.33 bits per heavy atom. The van der Waals surface area contributed by atoms with Gasteiger partial charge in [-0.1, -0.05) is 121 Å². The van der Waals surface area contributed by atoms with Crippen LogP contribution in [0, 0.1) is 0 Å². The highest BCUT2D eigenvalue weighted by atomic mass is 16.7. The van der Waals surface area contributed by atoms with Crippen LogP contribution in [0.1, 0.15) is 136 Å². The van der Waals surface area contributed by atoms with Crippen LogP contribution in [-0.2, 0) is 14.3 Å². The molecule has 1 fully saturated rings. The Kier molecular flexibility index (Phi) is 26.2. The van der Waals surface area contributed by atoms with Crippen LogP contribution in [0.3, 0.4) is 0 Å². The number of rotatable bonds is 28. The van der Waals surface area contributed by atoms with Gasteiger partial charge in [0.05, 0.1) is 25.4 Å². The van der Waals surface area contributed by atoms with Crippen LogP contribution >= 0.6 is 0 Å². The Hall–Kier alpha value is -1.59. The van der Waals surface area contributed by atoms with Gasteiger partial charge in [0.1, 0.15) is 24.4 Å². The Morgan fingerprint density at radius 1 is 0.739 bits per heavy atom. The number of aliphatic hydroxyl groups is 5. The number of hydrogen-bond acceptors (Lipinski definition) is 8. The molecule has 1 heterocycles. The van der Waals surface area contributed by atoms with E-state index in [0.717, 1.165) is 70.6 Å². The maximum Gasteiger partial charge on any atom is 0.220 e. The molecule has 1 rings (SSSR count). The second-order valence-electron chi connectivity index (χ2n) is 12.7. The molecule has 0 bridgehead atoms. The van der Waals surface area contributed by atoms with Crippen molar-refractivity contribution in [1.82, 2.24) is 5.32 Å². The summed E-state index contributed by atoms with van der Waals surface area (Å²) in [6.07, 6.45) is 24.7. The number of allylic oxidation sites excluding steroid dienone is 5. The monoisotopic (exact) mass is 653 g/mol. The molecule has 7 unspecified atom stereocenters. The van der Waals surface area contributed by atoms with Gasteiger partial charge in [0.2, 0.25) is 5.91 Å². The van der Waals surface area contributed by atoms with Crippen molar-refractivity contribution in [2.75, 3.05) is 13.2 Å². The molecule has 9 nitrogen and oxygen atoms in total. The third kappa shape index (κ3) is 19.9. The van der Waals surface area contributed by atoms with Crippen LogP contribution in [0.25, 0.3) is 0 Å². The summed E-state index contributed by atoms with van der Waals surface area (Å²) in [6.45, 7) is 3.63. The minimum atomic E-state index is -1.57. The average molecular weight is 654 g/mol. The van der Waals surface area contributed by atoms with Gasteiger partial charge < -0.3 is 40.3 Å². The first-order valence-corrected chi connectivity index (χ1v) is 18.2. The number of unbranched alkanes of at least 4 members (excludes halogenated alkanes) is 14. The molecule has 1 saturated heterocycles. The van der Waals surface area contributed by atoms with E-state index in [1.165, 1.54) is 44.9 Å². The molecule has 0 aromatic heterocycles. The van der Waals surface area contributed by atoms with Gasteiger partial charge in [0.15, 0.2) is 6.29 Å². The first-order chi connectivity index (χ1) is 22.3. The second kappa shape index (κ2) is 28.4. The smallest absolute Gasteiger partial charge is 0.220 e. The lowest BCUT2D eigenvalue weighted by atomic mass is 9.99. The summed E-state index contributed by atoms with van der Waals surface area (Å²) in [6, 6.07) is -0.807. The van der Waals surface area contributed by atoms with E-state index >= 15 is 0 Å². The van der Waals surface area contributed by atoms with Crippen LogP contribution in [0.4, 0.5) is 0 Å². The summed E-state index contributed by atoms with van der Waals surface area (Å²) in [5.74, 6) is -0.197. The molecule has 0 aromatic carbocycles. The van der Waals surface area contributed by atoms with Crippen molar-refractivity contribution in [2.24, 2.45) is 0 Å². The molecule has 0 aliphatic carbocycles. The lowest BCUT2D eigenvalue weighted by Gasteiger charge is -2.40. The van der Waals surface area contributed by atoms with Crippen LogP contribution in [0.2, 0.25) is 0 Å². The zero-order valence-corrected chi connectivity index (χ0v) is 28.8. The van der Waals surface area contributed by atoms with Gasteiger partial charge in [-0.15, -0.1) is 0 Å². The van der Waals surface area contributed by atoms with Crippen molar-refractivity contribution >= 4 is 5.91 Å². The van der Waals surface area contributed by atoms with Crippen molar-refractivity contribution in [2.45, 2.75) is 179 Å². The van der Waals surface area contributed by atoms with E-state index in [1.54, 1.807) is 6.08 Å². The Bertz CT molecular complexity index is 817. The molecule has 9 heteroatoms. The van der Waals surface area contributed by atoms with Crippen molar-refractivity contribution in [1.29, 1.82) is 0 Å². The highest BCUT2D eigenvalue weighted by Gasteiger charge is 2.44. The maximum absolute atomic E-state index is 12.8. The first kappa shape index (κ1) is 42.4. The van der Waals surface area contributed by atoms with Gasteiger partial charge in [-0.05, 0) is 44.9 Å². The van der Waals surface area contributed by atoms with Gasteiger partial charge in [0, 0.05) is 6.42 Å². The number of amides is 1. The molecule has 46 heavy (non-hydrogen) atoms. The fourth-order valence-electron chi connectivity index (χ4n) is 5.43. The minimum absolute atomic E-state index is 0.195. The molecule has 268 valence electrons. The third-order valence-corrected chi connectivity index (χ3v) is 8.44. The SMILES string of the molecule is CCC/C=C\C/C=C\CCCCCCCC(=O)NC(COC1OC(CO)C(O)C(O)C1O)C(O)/C=C/CCCCCCCCCC. The zero-order chi connectivity index (χ0) is 33.8. The van der Waals surface area contributed by atoms with Gasteiger partial charge in [0.25, 0.3) is 0 Å². The molecule has 0 spiro atoms. The Labute approximate surface area is 279 Å². The van der Waals surface area contributed by atoms with Crippen LogP contribution < -0.4 is 5.32 Å². The number of carbonyl (C=O) groups excluding carboxylic acids is 1. The van der Waals surface area contributed by atoms with Crippen LogP contribution in [-0.4, -0.2) is 87.5 Å². The minimum Gasteiger partial charge on any atom is -0.394 e.